The second-order valence-electron chi connectivity index (χ2n) is 4.35. The quantitative estimate of drug-likeness (QED) is 0.820. The van der Waals surface area contributed by atoms with Crippen LogP contribution < -0.4 is 4.74 Å². The minimum atomic E-state index is -0.897. The fourth-order valence-electron chi connectivity index (χ4n) is 1.41. The fourth-order valence-corrected chi connectivity index (χ4v) is 1.57. The van der Waals surface area contributed by atoms with Gasteiger partial charge in [-0.2, -0.15) is 0 Å². The molecule has 1 aromatic rings. The minimum Gasteiger partial charge on any atom is -0.490 e. The van der Waals surface area contributed by atoms with Crippen LogP contribution >= 0.6 is 11.6 Å². The number of hydrogen-bond acceptors (Lipinski definition) is 3. The molecule has 1 saturated heterocycles. The molecule has 4 nitrogen and oxygen atoms in total. The summed E-state index contributed by atoms with van der Waals surface area (Å²) < 4.78 is 10.8. The van der Waals surface area contributed by atoms with Gasteiger partial charge in [0.25, 0.3) is 0 Å². The Bertz CT molecular complexity index is 440. The Balaban J connectivity index is 2.11. The molecule has 1 aromatic carbocycles. The number of carboxylic acid groups (broad SMARTS) is 1. The summed E-state index contributed by atoms with van der Waals surface area (Å²) in [6, 6.07) is 4.95. The van der Waals surface area contributed by atoms with Crippen molar-refractivity contribution in [2.45, 2.75) is 18.9 Å². The molecule has 2 rings (SSSR count). The normalized spacial score (nSPS) is 22.2. The summed E-state index contributed by atoms with van der Waals surface area (Å²) in [4.78, 5) is 10.7. The first-order chi connectivity index (χ1) is 7.98. The summed E-state index contributed by atoms with van der Waals surface area (Å²) in [5.74, 6) is -0.386. The zero-order valence-corrected chi connectivity index (χ0v) is 10.2. The molecule has 0 saturated carbocycles. The van der Waals surface area contributed by atoms with E-state index < -0.39 is 5.97 Å². The van der Waals surface area contributed by atoms with Crippen LogP contribution in [-0.2, 0) is 16.0 Å². The third-order valence-electron chi connectivity index (χ3n) is 2.54. The third-order valence-corrected chi connectivity index (χ3v) is 2.78. The number of ether oxygens (including phenoxy) is 2. The summed E-state index contributed by atoms with van der Waals surface area (Å²) in [6.45, 7) is 3.01. The molecule has 1 fully saturated rings. The summed E-state index contributed by atoms with van der Waals surface area (Å²) in [7, 11) is 0. The van der Waals surface area contributed by atoms with Gasteiger partial charge in [0.2, 0.25) is 0 Å². The van der Waals surface area contributed by atoms with Gasteiger partial charge in [-0.3, -0.25) is 4.79 Å². The molecule has 1 N–H and O–H groups in total. The van der Waals surface area contributed by atoms with Crippen molar-refractivity contribution in [1.29, 1.82) is 0 Å². The number of hydrogen-bond donors (Lipinski definition) is 1. The summed E-state index contributed by atoms with van der Waals surface area (Å²) in [5, 5.41) is 9.31. The molecule has 1 aliphatic rings. The van der Waals surface area contributed by atoms with Crippen LogP contribution in [0.25, 0.3) is 0 Å². The van der Waals surface area contributed by atoms with E-state index in [9.17, 15) is 4.79 Å². The first kappa shape index (κ1) is 12.2. The van der Waals surface area contributed by atoms with Crippen LogP contribution in [0.15, 0.2) is 18.2 Å². The van der Waals surface area contributed by atoms with Gasteiger partial charge in [0.1, 0.15) is 18.0 Å². The van der Waals surface area contributed by atoms with Gasteiger partial charge >= 0.3 is 5.97 Å². The number of epoxide rings is 1. The van der Waals surface area contributed by atoms with Crippen LogP contribution in [0.1, 0.15) is 12.5 Å². The largest absolute Gasteiger partial charge is 0.490 e. The molecule has 0 aromatic heterocycles. The van der Waals surface area contributed by atoms with E-state index in [1.807, 2.05) is 6.92 Å². The maximum absolute atomic E-state index is 10.7. The predicted octanol–water partition coefficient (Wildman–Crippen LogP) is 2.13. The van der Waals surface area contributed by atoms with Gasteiger partial charge in [0, 0.05) is 10.6 Å². The SMILES string of the molecule is C[C@]1(COc2cc(Cl)ccc2CC(=O)O)CO1. The Hall–Kier alpha value is -1.26. The van der Waals surface area contributed by atoms with Gasteiger partial charge in [0.05, 0.1) is 13.0 Å². The van der Waals surface area contributed by atoms with Crippen molar-refractivity contribution in [3.63, 3.8) is 0 Å². The molecule has 0 spiro atoms. The van der Waals surface area contributed by atoms with Gasteiger partial charge in [-0.05, 0) is 19.1 Å². The lowest BCUT2D eigenvalue weighted by molar-refractivity contribution is -0.136. The first-order valence-corrected chi connectivity index (χ1v) is 5.63. The Kier molecular flexibility index (Phi) is 3.26. The van der Waals surface area contributed by atoms with E-state index in [1.165, 1.54) is 0 Å². The molecule has 0 radical (unpaired) electrons. The molecular weight excluding hydrogens is 244 g/mol. The standard InChI is InChI=1S/C12H13ClO4/c1-12(7-17-12)6-16-10-5-9(13)3-2-8(10)4-11(14)15/h2-3,5H,4,6-7H2,1H3,(H,14,15)/t12-/m0/s1. The Morgan fingerprint density at radius 3 is 2.94 bits per heavy atom. The van der Waals surface area contributed by atoms with Gasteiger partial charge in [0.15, 0.2) is 0 Å². The third kappa shape index (κ3) is 3.35. The minimum absolute atomic E-state index is 0.0793. The highest BCUT2D eigenvalue weighted by Gasteiger charge is 2.40. The number of rotatable bonds is 5. The number of carboxylic acids is 1. The molecule has 1 atom stereocenters. The highest BCUT2D eigenvalue weighted by molar-refractivity contribution is 6.30. The zero-order chi connectivity index (χ0) is 12.5. The first-order valence-electron chi connectivity index (χ1n) is 5.25. The topological polar surface area (TPSA) is 59.1 Å². The van der Waals surface area contributed by atoms with Crippen LogP contribution in [0.5, 0.6) is 5.75 Å². The lowest BCUT2D eigenvalue weighted by Gasteiger charge is -2.12. The molecular formula is C12H13ClO4. The summed E-state index contributed by atoms with van der Waals surface area (Å²) in [6.07, 6.45) is -0.0793. The zero-order valence-electron chi connectivity index (χ0n) is 9.40. The van der Waals surface area contributed by atoms with E-state index in [2.05, 4.69) is 0 Å². The van der Waals surface area contributed by atoms with Crippen molar-refractivity contribution in [2.24, 2.45) is 0 Å². The van der Waals surface area contributed by atoms with Crippen LogP contribution in [0.3, 0.4) is 0 Å². The van der Waals surface area contributed by atoms with Gasteiger partial charge in [-0.15, -0.1) is 0 Å². The highest BCUT2D eigenvalue weighted by Crippen LogP contribution is 2.29. The predicted molar refractivity (Wildman–Crippen MR) is 62.6 cm³/mol. The van der Waals surface area contributed by atoms with E-state index >= 15 is 0 Å². The molecule has 0 bridgehead atoms. The molecule has 17 heavy (non-hydrogen) atoms. The Morgan fingerprint density at radius 1 is 1.65 bits per heavy atom. The highest BCUT2D eigenvalue weighted by atomic mass is 35.5. The number of aliphatic carboxylic acids is 1. The molecule has 1 heterocycles. The molecule has 0 aliphatic carbocycles. The van der Waals surface area contributed by atoms with E-state index in [0.717, 1.165) is 0 Å². The van der Waals surface area contributed by atoms with E-state index in [4.69, 9.17) is 26.2 Å². The second kappa shape index (κ2) is 4.55. The maximum atomic E-state index is 10.7. The van der Waals surface area contributed by atoms with Crippen LogP contribution in [-0.4, -0.2) is 29.9 Å². The van der Waals surface area contributed by atoms with Crippen molar-refractivity contribution in [1.82, 2.24) is 0 Å². The summed E-state index contributed by atoms with van der Waals surface area (Å²) >= 11 is 5.86. The average Bonchev–Trinajstić information content (AvgIpc) is 2.97. The van der Waals surface area contributed by atoms with Crippen molar-refractivity contribution >= 4 is 17.6 Å². The molecule has 0 amide bonds. The number of halogens is 1. The maximum Gasteiger partial charge on any atom is 0.307 e. The van der Waals surface area contributed by atoms with Crippen LogP contribution in [0.2, 0.25) is 5.02 Å². The van der Waals surface area contributed by atoms with Gasteiger partial charge < -0.3 is 14.6 Å². The van der Waals surface area contributed by atoms with Crippen molar-refractivity contribution in [2.75, 3.05) is 13.2 Å². The Morgan fingerprint density at radius 2 is 2.35 bits per heavy atom. The molecule has 1 aliphatic heterocycles. The second-order valence-corrected chi connectivity index (χ2v) is 4.79. The average molecular weight is 257 g/mol. The van der Waals surface area contributed by atoms with Gasteiger partial charge in [-0.25, -0.2) is 0 Å². The summed E-state index contributed by atoms with van der Waals surface area (Å²) in [5.41, 5.74) is 0.383. The van der Waals surface area contributed by atoms with Crippen molar-refractivity contribution in [3.8, 4) is 5.75 Å². The van der Waals surface area contributed by atoms with Gasteiger partial charge in [-0.1, -0.05) is 17.7 Å². The number of carbonyl (C=O) groups is 1. The van der Waals surface area contributed by atoms with E-state index in [0.29, 0.717) is 29.5 Å². The smallest absolute Gasteiger partial charge is 0.307 e. The fraction of sp³-hybridized carbons (Fsp3) is 0.417. The van der Waals surface area contributed by atoms with Crippen molar-refractivity contribution in [3.05, 3.63) is 28.8 Å². The molecule has 92 valence electrons. The van der Waals surface area contributed by atoms with Crippen LogP contribution in [0.4, 0.5) is 0 Å². The molecule has 5 heteroatoms. The van der Waals surface area contributed by atoms with Crippen molar-refractivity contribution < 1.29 is 19.4 Å². The van der Waals surface area contributed by atoms with E-state index in [-0.39, 0.29) is 12.0 Å². The van der Waals surface area contributed by atoms with E-state index in [1.54, 1.807) is 18.2 Å². The molecule has 0 unspecified atom stereocenters. The van der Waals surface area contributed by atoms with Crippen LogP contribution in [0, 0.1) is 0 Å². The Labute approximate surface area is 104 Å². The monoisotopic (exact) mass is 256 g/mol. The lowest BCUT2D eigenvalue weighted by atomic mass is 10.1. The lowest BCUT2D eigenvalue weighted by Crippen LogP contribution is -2.18. The number of benzene rings is 1.